The second-order valence-electron chi connectivity index (χ2n) is 6.87. The third-order valence-corrected chi connectivity index (χ3v) is 5.64. The van der Waals surface area contributed by atoms with E-state index in [0.717, 1.165) is 15.5 Å². The van der Waals surface area contributed by atoms with Crippen molar-refractivity contribution in [3.63, 3.8) is 0 Å². The number of halogens is 3. The van der Waals surface area contributed by atoms with Gasteiger partial charge in [-0.05, 0) is 66.7 Å². The van der Waals surface area contributed by atoms with Crippen molar-refractivity contribution in [1.82, 2.24) is 14.1 Å². The van der Waals surface area contributed by atoms with Crippen molar-refractivity contribution in [3.8, 4) is 11.6 Å². The lowest BCUT2D eigenvalue weighted by atomic mass is 10.1. The van der Waals surface area contributed by atoms with Gasteiger partial charge < -0.3 is 10.8 Å². The lowest BCUT2D eigenvalue weighted by molar-refractivity contribution is -0.0328. The summed E-state index contributed by atoms with van der Waals surface area (Å²) >= 11 is -0.247. The van der Waals surface area contributed by atoms with E-state index in [-0.39, 0.29) is 34.8 Å². The van der Waals surface area contributed by atoms with Crippen LogP contribution < -0.4 is 11.4 Å². The molecule has 3 N–H and O–H groups in total. The van der Waals surface area contributed by atoms with E-state index in [0.29, 0.717) is 16.9 Å². The zero-order chi connectivity index (χ0) is 22.3. The standard InChI is InChI=1S/C21H17F3N4O2S/c1-12-19(29)28(14-5-7-15(8-6-14)31-21(22,23)24)20(30)27(12)11-13-9-10-26-17-4-2-3-16(25)18(13)17/h2-10,29H,11,25H2,1H3. The number of fused-ring (bicyclic) bond motifs is 1. The molecular weight excluding hydrogens is 429 g/mol. The van der Waals surface area contributed by atoms with Crippen LogP contribution >= 0.6 is 11.8 Å². The van der Waals surface area contributed by atoms with E-state index in [1.165, 1.54) is 28.8 Å². The lowest BCUT2D eigenvalue weighted by Gasteiger charge is -2.10. The number of hydrogen-bond donors (Lipinski definition) is 2. The molecule has 0 amide bonds. The Hall–Kier alpha value is -3.40. The predicted octanol–water partition coefficient (Wildman–Crippen LogP) is 4.44. The molecule has 0 aliphatic carbocycles. The molecule has 160 valence electrons. The van der Waals surface area contributed by atoms with E-state index in [1.54, 1.807) is 31.3 Å². The fourth-order valence-corrected chi connectivity index (χ4v) is 4.00. The van der Waals surface area contributed by atoms with Crippen molar-refractivity contribution in [2.75, 3.05) is 5.73 Å². The van der Waals surface area contributed by atoms with Gasteiger partial charge in [-0.1, -0.05) is 6.07 Å². The molecule has 10 heteroatoms. The van der Waals surface area contributed by atoms with Gasteiger partial charge in [0.2, 0.25) is 5.88 Å². The molecule has 4 aromatic rings. The van der Waals surface area contributed by atoms with Gasteiger partial charge in [-0.25, -0.2) is 9.36 Å². The van der Waals surface area contributed by atoms with Crippen LogP contribution in [0.1, 0.15) is 11.3 Å². The van der Waals surface area contributed by atoms with Crippen molar-refractivity contribution in [1.29, 1.82) is 0 Å². The van der Waals surface area contributed by atoms with E-state index < -0.39 is 11.2 Å². The van der Waals surface area contributed by atoms with E-state index in [2.05, 4.69) is 4.98 Å². The smallest absolute Gasteiger partial charge is 0.446 e. The first-order chi connectivity index (χ1) is 14.7. The predicted molar refractivity (Wildman–Crippen MR) is 114 cm³/mol. The van der Waals surface area contributed by atoms with Crippen molar-refractivity contribution in [2.45, 2.75) is 23.9 Å². The number of nitrogens with two attached hydrogens (primary N) is 1. The summed E-state index contributed by atoms with van der Waals surface area (Å²) in [7, 11) is 0. The number of rotatable bonds is 4. The maximum Gasteiger partial charge on any atom is 0.446 e. The summed E-state index contributed by atoms with van der Waals surface area (Å²) in [5.74, 6) is -0.285. The number of benzene rings is 2. The second-order valence-corrected chi connectivity index (χ2v) is 8.00. The number of alkyl halides is 3. The Morgan fingerprint density at radius 2 is 1.84 bits per heavy atom. The number of imidazole rings is 1. The average Bonchev–Trinajstić information content (AvgIpc) is 2.91. The molecule has 0 atom stereocenters. The maximum absolute atomic E-state index is 13.1. The number of hydrogen-bond acceptors (Lipinski definition) is 5. The topological polar surface area (TPSA) is 86.1 Å². The molecule has 0 unspecified atom stereocenters. The molecule has 0 saturated carbocycles. The van der Waals surface area contributed by atoms with Crippen LogP contribution in [0.25, 0.3) is 16.6 Å². The Kier molecular flexibility index (Phi) is 5.18. The van der Waals surface area contributed by atoms with Crippen LogP contribution in [0, 0.1) is 6.92 Å². The number of nitrogen functional groups attached to an aromatic ring is 1. The van der Waals surface area contributed by atoms with E-state index in [4.69, 9.17) is 5.73 Å². The van der Waals surface area contributed by atoms with Gasteiger partial charge in [0.05, 0.1) is 23.4 Å². The molecule has 31 heavy (non-hydrogen) atoms. The third kappa shape index (κ3) is 3.98. The number of anilines is 1. The van der Waals surface area contributed by atoms with Gasteiger partial charge in [0, 0.05) is 22.2 Å². The molecule has 0 radical (unpaired) electrons. The van der Waals surface area contributed by atoms with E-state index >= 15 is 0 Å². The summed E-state index contributed by atoms with van der Waals surface area (Å²) < 4.78 is 40.1. The lowest BCUT2D eigenvalue weighted by Crippen LogP contribution is -2.24. The SMILES string of the molecule is Cc1c(O)n(-c2ccc(SC(F)(F)F)cc2)c(=O)n1Cc1ccnc2cccc(N)c12. The first kappa shape index (κ1) is 20.9. The van der Waals surface area contributed by atoms with Gasteiger partial charge in [-0.3, -0.25) is 9.55 Å². The fraction of sp³-hybridized carbons (Fsp3) is 0.143. The number of nitrogens with zero attached hydrogens (tertiary/aromatic N) is 3. The highest BCUT2D eigenvalue weighted by Crippen LogP contribution is 2.37. The third-order valence-electron chi connectivity index (χ3n) is 4.90. The van der Waals surface area contributed by atoms with Gasteiger partial charge in [0.1, 0.15) is 0 Å². The summed E-state index contributed by atoms with van der Waals surface area (Å²) in [6.07, 6.45) is 1.62. The van der Waals surface area contributed by atoms with E-state index in [9.17, 15) is 23.1 Å². The van der Waals surface area contributed by atoms with Crippen LogP contribution in [-0.4, -0.2) is 24.7 Å². The summed E-state index contributed by atoms with van der Waals surface area (Å²) in [6, 6.07) is 12.3. The first-order valence-corrected chi connectivity index (χ1v) is 9.97. The molecule has 6 nitrogen and oxygen atoms in total. The second kappa shape index (κ2) is 7.69. The van der Waals surface area contributed by atoms with Gasteiger partial charge in [-0.15, -0.1) is 0 Å². The Balaban J connectivity index is 1.75. The number of thioether (sulfide) groups is 1. The normalized spacial score (nSPS) is 11.9. The number of pyridine rings is 1. The van der Waals surface area contributed by atoms with Gasteiger partial charge in [0.15, 0.2) is 0 Å². The summed E-state index contributed by atoms with van der Waals surface area (Å²) in [5.41, 5.74) is 3.71. The van der Waals surface area contributed by atoms with Crippen molar-refractivity contribution < 1.29 is 18.3 Å². The summed E-state index contributed by atoms with van der Waals surface area (Å²) in [4.78, 5) is 17.4. The Morgan fingerprint density at radius 1 is 1.13 bits per heavy atom. The van der Waals surface area contributed by atoms with Crippen LogP contribution in [0.2, 0.25) is 0 Å². The molecule has 2 heterocycles. The van der Waals surface area contributed by atoms with Gasteiger partial charge in [-0.2, -0.15) is 13.2 Å². The highest BCUT2D eigenvalue weighted by molar-refractivity contribution is 8.00. The van der Waals surface area contributed by atoms with Crippen LogP contribution in [-0.2, 0) is 6.54 Å². The summed E-state index contributed by atoms with van der Waals surface area (Å²) in [6.45, 7) is 1.73. The molecule has 0 saturated heterocycles. The Labute approximate surface area is 178 Å². The first-order valence-electron chi connectivity index (χ1n) is 9.15. The molecule has 2 aromatic carbocycles. The molecule has 2 aromatic heterocycles. The molecule has 0 aliphatic rings. The Bertz CT molecular complexity index is 1320. The highest BCUT2D eigenvalue weighted by atomic mass is 32.2. The molecule has 0 bridgehead atoms. The summed E-state index contributed by atoms with van der Waals surface area (Å²) in [5, 5.41) is 11.3. The van der Waals surface area contributed by atoms with Crippen molar-refractivity contribution in [2.24, 2.45) is 0 Å². The molecule has 0 aliphatic heterocycles. The zero-order valence-electron chi connectivity index (χ0n) is 16.2. The zero-order valence-corrected chi connectivity index (χ0v) is 17.0. The minimum absolute atomic E-state index is 0.0151. The van der Waals surface area contributed by atoms with Crippen LogP contribution in [0.4, 0.5) is 18.9 Å². The molecule has 0 spiro atoms. The molecular formula is C21H17F3N4O2S. The largest absolute Gasteiger partial charge is 0.493 e. The van der Waals surface area contributed by atoms with Crippen molar-refractivity contribution in [3.05, 3.63) is 76.5 Å². The molecule has 4 rings (SSSR count). The van der Waals surface area contributed by atoms with E-state index in [1.807, 2.05) is 6.07 Å². The quantitative estimate of drug-likeness (QED) is 0.358. The fourth-order valence-electron chi connectivity index (χ4n) is 3.46. The van der Waals surface area contributed by atoms with Crippen LogP contribution in [0.5, 0.6) is 5.88 Å². The minimum Gasteiger partial charge on any atom is -0.493 e. The minimum atomic E-state index is -4.41. The number of aromatic hydroxyl groups is 1. The molecule has 0 fully saturated rings. The van der Waals surface area contributed by atoms with Crippen molar-refractivity contribution >= 4 is 28.4 Å². The monoisotopic (exact) mass is 446 g/mol. The van der Waals surface area contributed by atoms with Gasteiger partial charge >= 0.3 is 11.2 Å². The van der Waals surface area contributed by atoms with Crippen LogP contribution in [0.15, 0.2) is 64.4 Å². The van der Waals surface area contributed by atoms with Gasteiger partial charge in [0.25, 0.3) is 0 Å². The maximum atomic E-state index is 13.1. The average molecular weight is 446 g/mol. The highest BCUT2D eigenvalue weighted by Gasteiger charge is 2.29. The Morgan fingerprint density at radius 3 is 2.52 bits per heavy atom. The van der Waals surface area contributed by atoms with Crippen LogP contribution in [0.3, 0.4) is 0 Å². The number of aromatic nitrogens is 3.